The molecule has 0 bridgehead atoms. The van der Waals surface area contributed by atoms with E-state index in [1.807, 2.05) is 20.8 Å². The van der Waals surface area contributed by atoms with Crippen molar-refractivity contribution in [1.29, 1.82) is 0 Å². The SMILES string of the molecule is CC(C)(C)C(O)CNS(=O)(=O)c1cccs1. The van der Waals surface area contributed by atoms with Gasteiger partial charge in [-0.15, -0.1) is 11.3 Å². The Hall–Kier alpha value is -0.430. The molecule has 6 heteroatoms. The zero-order valence-electron chi connectivity index (χ0n) is 9.60. The summed E-state index contributed by atoms with van der Waals surface area (Å²) in [5, 5.41) is 11.4. The first-order valence-electron chi connectivity index (χ1n) is 4.95. The predicted octanol–water partition coefficient (Wildman–Crippen LogP) is 1.43. The van der Waals surface area contributed by atoms with Crippen LogP contribution in [-0.2, 0) is 10.0 Å². The minimum absolute atomic E-state index is 0.0315. The molecule has 16 heavy (non-hydrogen) atoms. The molecule has 0 aliphatic rings. The van der Waals surface area contributed by atoms with Crippen LogP contribution in [0.15, 0.2) is 21.7 Å². The van der Waals surface area contributed by atoms with Crippen molar-refractivity contribution in [2.24, 2.45) is 5.41 Å². The van der Waals surface area contributed by atoms with E-state index in [2.05, 4.69) is 4.72 Å². The number of nitrogens with one attached hydrogen (secondary N) is 1. The van der Waals surface area contributed by atoms with E-state index >= 15 is 0 Å². The molecule has 92 valence electrons. The molecule has 1 aromatic heterocycles. The molecule has 0 spiro atoms. The van der Waals surface area contributed by atoms with E-state index in [-0.39, 0.29) is 16.2 Å². The molecule has 1 aromatic rings. The molecule has 0 aromatic carbocycles. The highest BCUT2D eigenvalue weighted by Crippen LogP contribution is 2.20. The molecule has 1 heterocycles. The Kier molecular flexibility index (Phi) is 4.12. The van der Waals surface area contributed by atoms with Gasteiger partial charge in [0.15, 0.2) is 0 Å². The zero-order valence-corrected chi connectivity index (χ0v) is 11.2. The maximum absolute atomic E-state index is 11.7. The van der Waals surface area contributed by atoms with E-state index in [1.54, 1.807) is 11.4 Å². The molecule has 0 fully saturated rings. The van der Waals surface area contributed by atoms with Crippen LogP contribution in [-0.4, -0.2) is 26.2 Å². The number of aliphatic hydroxyl groups excluding tert-OH is 1. The minimum Gasteiger partial charge on any atom is -0.391 e. The minimum atomic E-state index is -3.46. The average Bonchev–Trinajstić information content (AvgIpc) is 2.65. The van der Waals surface area contributed by atoms with Crippen LogP contribution in [0, 0.1) is 5.41 Å². The van der Waals surface area contributed by atoms with E-state index in [0.717, 1.165) is 11.3 Å². The fourth-order valence-electron chi connectivity index (χ4n) is 0.982. The number of sulfonamides is 1. The maximum Gasteiger partial charge on any atom is 0.250 e. The molecule has 0 aliphatic heterocycles. The molecule has 0 radical (unpaired) electrons. The van der Waals surface area contributed by atoms with Crippen molar-refractivity contribution in [3.63, 3.8) is 0 Å². The summed E-state index contributed by atoms with van der Waals surface area (Å²) in [5.74, 6) is 0. The predicted molar refractivity (Wildman–Crippen MR) is 65.0 cm³/mol. The Morgan fingerprint density at radius 1 is 1.50 bits per heavy atom. The lowest BCUT2D eigenvalue weighted by Crippen LogP contribution is -2.38. The van der Waals surface area contributed by atoms with Crippen molar-refractivity contribution >= 4 is 21.4 Å². The summed E-state index contributed by atoms with van der Waals surface area (Å²) >= 11 is 1.16. The van der Waals surface area contributed by atoms with Crippen molar-refractivity contribution in [3.05, 3.63) is 17.5 Å². The first-order valence-corrected chi connectivity index (χ1v) is 7.31. The van der Waals surface area contributed by atoms with Crippen LogP contribution in [0.25, 0.3) is 0 Å². The molecule has 2 N–H and O–H groups in total. The number of rotatable bonds is 4. The van der Waals surface area contributed by atoms with Crippen molar-refractivity contribution in [2.45, 2.75) is 31.1 Å². The van der Waals surface area contributed by atoms with Gasteiger partial charge in [0.25, 0.3) is 0 Å². The zero-order chi connectivity index (χ0) is 12.4. The second-order valence-corrected chi connectivity index (χ2v) is 7.61. The van der Waals surface area contributed by atoms with Gasteiger partial charge in [0, 0.05) is 6.54 Å². The molecular weight excluding hydrogens is 246 g/mol. The molecule has 0 aliphatic carbocycles. The third kappa shape index (κ3) is 3.55. The average molecular weight is 263 g/mol. The highest BCUT2D eigenvalue weighted by Gasteiger charge is 2.24. The van der Waals surface area contributed by atoms with Crippen LogP contribution >= 0.6 is 11.3 Å². The second-order valence-electron chi connectivity index (χ2n) is 4.67. The van der Waals surface area contributed by atoms with E-state index < -0.39 is 16.1 Å². The Morgan fingerprint density at radius 2 is 2.12 bits per heavy atom. The molecule has 0 saturated carbocycles. The smallest absolute Gasteiger partial charge is 0.250 e. The van der Waals surface area contributed by atoms with Crippen molar-refractivity contribution in [2.75, 3.05) is 6.54 Å². The van der Waals surface area contributed by atoms with Gasteiger partial charge in [0.05, 0.1) is 6.10 Å². The summed E-state index contributed by atoms with van der Waals surface area (Å²) in [6.45, 7) is 5.61. The summed E-state index contributed by atoms with van der Waals surface area (Å²) in [6, 6.07) is 3.22. The molecule has 4 nitrogen and oxygen atoms in total. The first-order chi connectivity index (χ1) is 7.23. The Balaban J connectivity index is 2.63. The first kappa shape index (κ1) is 13.6. The van der Waals surface area contributed by atoms with Crippen LogP contribution in [0.2, 0.25) is 0 Å². The van der Waals surface area contributed by atoms with Gasteiger partial charge in [0.2, 0.25) is 10.0 Å². The number of hydrogen-bond donors (Lipinski definition) is 2. The van der Waals surface area contributed by atoms with Crippen molar-refractivity contribution < 1.29 is 13.5 Å². The highest BCUT2D eigenvalue weighted by molar-refractivity contribution is 7.91. The van der Waals surface area contributed by atoms with Crippen LogP contribution in [0.1, 0.15) is 20.8 Å². The standard InChI is InChI=1S/C10H17NO3S2/c1-10(2,3)8(12)7-11-16(13,14)9-5-4-6-15-9/h4-6,8,11-12H,7H2,1-3H3. The summed E-state index contributed by atoms with van der Waals surface area (Å²) < 4.78 is 26.1. The van der Waals surface area contributed by atoms with E-state index in [0.29, 0.717) is 0 Å². The number of hydrogen-bond acceptors (Lipinski definition) is 4. The van der Waals surface area contributed by atoms with Crippen LogP contribution < -0.4 is 4.72 Å². The second kappa shape index (κ2) is 4.83. The number of thiophene rings is 1. The van der Waals surface area contributed by atoms with Gasteiger partial charge in [-0.3, -0.25) is 0 Å². The fraction of sp³-hybridized carbons (Fsp3) is 0.600. The summed E-state index contributed by atoms with van der Waals surface area (Å²) in [7, 11) is -3.46. The van der Waals surface area contributed by atoms with E-state index in [9.17, 15) is 13.5 Å². The van der Waals surface area contributed by atoms with E-state index in [1.165, 1.54) is 6.07 Å². The van der Waals surface area contributed by atoms with Gasteiger partial charge in [-0.05, 0) is 16.9 Å². The van der Waals surface area contributed by atoms with Gasteiger partial charge < -0.3 is 5.11 Å². The van der Waals surface area contributed by atoms with Crippen LogP contribution in [0.5, 0.6) is 0 Å². The molecular formula is C10H17NO3S2. The highest BCUT2D eigenvalue weighted by atomic mass is 32.2. The van der Waals surface area contributed by atoms with Crippen LogP contribution in [0.3, 0.4) is 0 Å². The van der Waals surface area contributed by atoms with Gasteiger partial charge in [0.1, 0.15) is 4.21 Å². The molecule has 0 saturated heterocycles. The summed E-state index contributed by atoms with van der Waals surface area (Å²) in [4.78, 5) is 0. The molecule has 1 rings (SSSR count). The lowest BCUT2D eigenvalue weighted by molar-refractivity contribution is 0.0677. The Bertz CT molecular complexity index is 417. The van der Waals surface area contributed by atoms with E-state index in [4.69, 9.17) is 0 Å². The molecule has 0 amide bonds. The third-order valence-corrected chi connectivity index (χ3v) is 5.05. The Labute approximate surface area is 100 Å². The summed E-state index contributed by atoms with van der Waals surface area (Å²) in [6.07, 6.45) is -0.706. The lowest BCUT2D eigenvalue weighted by atomic mass is 9.89. The third-order valence-electron chi connectivity index (χ3n) is 2.23. The fourth-order valence-corrected chi connectivity index (χ4v) is 3.06. The van der Waals surface area contributed by atoms with Crippen molar-refractivity contribution in [3.8, 4) is 0 Å². The summed E-state index contributed by atoms with van der Waals surface area (Å²) in [5.41, 5.74) is -0.335. The van der Waals surface area contributed by atoms with Gasteiger partial charge in [-0.1, -0.05) is 26.8 Å². The van der Waals surface area contributed by atoms with Gasteiger partial charge in [-0.25, -0.2) is 13.1 Å². The van der Waals surface area contributed by atoms with Crippen LogP contribution in [0.4, 0.5) is 0 Å². The largest absolute Gasteiger partial charge is 0.391 e. The number of aliphatic hydroxyl groups is 1. The maximum atomic E-state index is 11.7. The molecule has 1 unspecified atom stereocenters. The Morgan fingerprint density at radius 3 is 2.56 bits per heavy atom. The topological polar surface area (TPSA) is 66.4 Å². The lowest BCUT2D eigenvalue weighted by Gasteiger charge is -2.25. The monoisotopic (exact) mass is 263 g/mol. The van der Waals surface area contributed by atoms with Gasteiger partial charge >= 0.3 is 0 Å². The normalized spacial score (nSPS) is 15.0. The van der Waals surface area contributed by atoms with Gasteiger partial charge in [-0.2, -0.15) is 0 Å². The van der Waals surface area contributed by atoms with Crippen molar-refractivity contribution in [1.82, 2.24) is 4.72 Å². The quantitative estimate of drug-likeness (QED) is 0.863. The molecule has 1 atom stereocenters.